The van der Waals surface area contributed by atoms with Crippen molar-refractivity contribution in [2.45, 2.75) is 26.1 Å². The molecular formula is C14H19NO4. The summed E-state index contributed by atoms with van der Waals surface area (Å²) in [4.78, 5) is 11.0. The molecule has 0 spiro atoms. The Bertz CT molecular complexity index is 416. The molecule has 0 aromatic heterocycles. The number of hydrogen-bond donors (Lipinski definition) is 1. The van der Waals surface area contributed by atoms with E-state index in [2.05, 4.69) is 5.32 Å². The average Bonchev–Trinajstić information content (AvgIpc) is 2.40. The van der Waals surface area contributed by atoms with Gasteiger partial charge in [-0.05, 0) is 18.6 Å². The van der Waals surface area contributed by atoms with Gasteiger partial charge in [-0.3, -0.25) is 4.79 Å². The number of amides is 1. The first-order valence-electron chi connectivity index (χ1n) is 6.48. The predicted octanol–water partition coefficient (Wildman–Crippen LogP) is 2.18. The molecule has 0 unspecified atom stereocenters. The van der Waals surface area contributed by atoms with Gasteiger partial charge in [-0.15, -0.1) is 0 Å². The molecule has 5 heteroatoms. The molecule has 1 aliphatic rings. The average molecular weight is 265 g/mol. The monoisotopic (exact) mass is 265 g/mol. The van der Waals surface area contributed by atoms with Crippen LogP contribution in [0.1, 0.15) is 19.8 Å². The summed E-state index contributed by atoms with van der Waals surface area (Å²) in [6.45, 7) is 3.50. The molecule has 1 heterocycles. The van der Waals surface area contributed by atoms with Gasteiger partial charge < -0.3 is 19.5 Å². The SMILES string of the molecule is CC(=O)Nc1cccc(OCCC2OCCCO2)c1. The van der Waals surface area contributed by atoms with Gasteiger partial charge in [-0.1, -0.05) is 6.07 Å². The van der Waals surface area contributed by atoms with Gasteiger partial charge in [0.05, 0.1) is 19.8 Å². The maximum atomic E-state index is 11.0. The number of anilines is 1. The third kappa shape index (κ3) is 4.89. The Kier molecular flexibility index (Phi) is 5.18. The molecule has 104 valence electrons. The van der Waals surface area contributed by atoms with Crippen molar-refractivity contribution in [3.63, 3.8) is 0 Å². The summed E-state index contributed by atoms with van der Waals surface area (Å²) in [5.74, 6) is 0.628. The highest BCUT2D eigenvalue weighted by Crippen LogP contribution is 2.18. The number of carbonyl (C=O) groups excluding carboxylic acids is 1. The van der Waals surface area contributed by atoms with Crippen molar-refractivity contribution in [2.24, 2.45) is 0 Å². The highest BCUT2D eigenvalue weighted by Gasteiger charge is 2.13. The van der Waals surface area contributed by atoms with Crippen LogP contribution in [0.4, 0.5) is 5.69 Å². The number of rotatable bonds is 5. The largest absolute Gasteiger partial charge is 0.493 e. The zero-order valence-electron chi connectivity index (χ0n) is 11.1. The molecule has 1 N–H and O–H groups in total. The Morgan fingerprint density at radius 2 is 2.21 bits per heavy atom. The van der Waals surface area contributed by atoms with E-state index in [-0.39, 0.29) is 12.2 Å². The number of nitrogens with one attached hydrogen (secondary N) is 1. The van der Waals surface area contributed by atoms with E-state index in [1.165, 1.54) is 6.92 Å². The van der Waals surface area contributed by atoms with Crippen LogP contribution in [0.5, 0.6) is 5.75 Å². The van der Waals surface area contributed by atoms with Crippen molar-refractivity contribution in [1.29, 1.82) is 0 Å². The fourth-order valence-corrected chi connectivity index (χ4v) is 1.84. The number of benzene rings is 1. The van der Waals surface area contributed by atoms with E-state index in [0.29, 0.717) is 13.0 Å². The maximum absolute atomic E-state index is 11.0. The highest BCUT2D eigenvalue weighted by molar-refractivity contribution is 5.88. The lowest BCUT2D eigenvalue weighted by molar-refractivity contribution is -0.183. The predicted molar refractivity (Wildman–Crippen MR) is 71.2 cm³/mol. The van der Waals surface area contributed by atoms with E-state index in [1.807, 2.05) is 18.2 Å². The molecule has 1 fully saturated rings. The summed E-state index contributed by atoms with van der Waals surface area (Å²) in [5.41, 5.74) is 0.732. The van der Waals surface area contributed by atoms with Gasteiger partial charge in [0.1, 0.15) is 5.75 Å². The van der Waals surface area contributed by atoms with Crippen molar-refractivity contribution in [1.82, 2.24) is 0 Å². The van der Waals surface area contributed by atoms with Crippen molar-refractivity contribution in [3.05, 3.63) is 24.3 Å². The molecule has 0 radical (unpaired) electrons. The molecule has 5 nitrogen and oxygen atoms in total. The van der Waals surface area contributed by atoms with Crippen molar-refractivity contribution >= 4 is 11.6 Å². The fourth-order valence-electron chi connectivity index (χ4n) is 1.84. The third-order valence-corrected chi connectivity index (χ3v) is 2.67. The first kappa shape index (κ1) is 13.8. The number of hydrogen-bond acceptors (Lipinski definition) is 4. The second-order valence-corrected chi connectivity index (χ2v) is 4.37. The molecule has 0 bridgehead atoms. The van der Waals surface area contributed by atoms with Crippen LogP contribution in [0.3, 0.4) is 0 Å². The first-order chi connectivity index (χ1) is 9.24. The Hall–Kier alpha value is -1.59. The van der Waals surface area contributed by atoms with Gasteiger partial charge >= 0.3 is 0 Å². The van der Waals surface area contributed by atoms with Crippen LogP contribution < -0.4 is 10.1 Å². The van der Waals surface area contributed by atoms with Gasteiger partial charge in [0.15, 0.2) is 6.29 Å². The van der Waals surface area contributed by atoms with Gasteiger partial charge in [0, 0.05) is 25.1 Å². The number of ether oxygens (including phenoxy) is 3. The van der Waals surface area contributed by atoms with Crippen LogP contribution in [0.2, 0.25) is 0 Å². The summed E-state index contributed by atoms with van der Waals surface area (Å²) in [6, 6.07) is 7.31. The summed E-state index contributed by atoms with van der Waals surface area (Å²) in [7, 11) is 0. The van der Waals surface area contributed by atoms with E-state index in [4.69, 9.17) is 14.2 Å². The van der Waals surface area contributed by atoms with Gasteiger partial charge in [0.25, 0.3) is 0 Å². The summed E-state index contributed by atoms with van der Waals surface area (Å²) >= 11 is 0. The maximum Gasteiger partial charge on any atom is 0.221 e. The normalized spacial score (nSPS) is 16.1. The minimum Gasteiger partial charge on any atom is -0.493 e. The molecule has 19 heavy (non-hydrogen) atoms. The van der Waals surface area contributed by atoms with E-state index >= 15 is 0 Å². The molecule has 0 atom stereocenters. The molecule has 1 aliphatic heterocycles. The molecule has 0 saturated carbocycles. The Labute approximate surface area is 112 Å². The fraction of sp³-hybridized carbons (Fsp3) is 0.500. The molecule has 1 aromatic carbocycles. The van der Waals surface area contributed by atoms with E-state index < -0.39 is 0 Å². The summed E-state index contributed by atoms with van der Waals surface area (Å²) in [6.07, 6.45) is 1.49. The summed E-state index contributed by atoms with van der Waals surface area (Å²) in [5, 5.41) is 2.72. The lowest BCUT2D eigenvalue weighted by Gasteiger charge is -2.23. The topological polar surface area (TPSA) is 56.8 Å². The second-order valence-electron chi connectivity index (χ2n) is 4.37. The lowest BCUT2D eigenvalue weighted by Crippen LogP contribution is -2.26. The minimum atomic E-state index is -0.160. The second kappa shape index (κ2) is 7.11. The van der Waals surface area contributed by atoms with Gasteiger partial charge in [-0.2, -0.15) is 0 Å². The third-order valence-electron chi connectivity index (χ3n) is 2.67. The molecule has 0 aliphatic carbocycles. The molecular weight excluding hydrogens is 246 g/mol. The van der Waals surface area contributed by atoms with Crippen molar-refractivity contribution < 1.29 is 19.0 Å². The van der Waals surface area contributed by atoms with E-state index in [1.54, 1.807) is 6.07 Å². The van der Waals surface area contributed by atoms with Crippen LogP contribution in [0.15, 0.2) is 24.3 Å². The minimum absolute atomic E-state index is 0.0962. The van der Waals surface area contributed by atoms with Gasteiger partial charge in [0.2, 0.25) is 5.91 Å². The standard InChI is InChI=1S/C14H19NO4/c1-11(16)15-12-4-2-5-13(10-12)17-9-6-14-18-7-3-8-19-14/h2,4-5,10,14H,3,6-9H2,1H3,(H,15,16). The zero-order valence-corrected chi connectivity index (χ0v) is 11.1. The first-order valence-corrected chi connectivity index (χ1v) is 6.48. The van der Waals surface area contributed by atoms with Gasteiger partial charge in [-0.25, -0.2) is 0 Å². The van der Waals surface area contributed by atoms with Crippen molar-refractivity contribution in [3.8, 4) is 5.75 Å². The Morgan fingerprint density at radius 1 is 1.42 bits per heavy atom. The molecule has 1 saturated heterocycles. The van der Waals surface area contributed by atoms with Crippen LogP contribution >= 0.6 is 0 Å². The van der Waals surface area contributed by atoms with Crippen LogP contribution in [-0.4, -0.2) is 32.0 Å². The Balaban J connectivity index is 1.77. The van der Waals surface area contributed by atoms with E-state index in [9.17, 15) is 4.79 Å². The highest BCUT2D eigenvalue weighted by atomic mass is 16.7. The zero-order chi connectivity index (χ0) is 13.5. The smallest absolute Gasteiger partial charge is 0.221 e. The summed E-state index contributed by atoms with van der Waals surface area (Å²) < 4.78 is 16.5. The Morgan fingerprint density at radius 3 is 2.95 bits per heavy atom. The number of carbonyl (C=O) groups is 1. The van der Waals surface area contributed by atoms with Crippen LogP contribution in [-0.2, 0) is 14.3 Å². The molecule has 1 aromatic rings. The van der Waals surface area contributed by atoms with Crippen LogP contribution in [0, 0.1) is 0 Å². The van der Waals surface area contributed by atoms with E-state index in [0.717, 1.165) is 31.1 Å². The lowest BCUT2D eigenvalue weighted by atomic mass is 10.3. The molecule has 2 rings (SSSR count). The quantitative estimate of drug-likeness (QED) is 0.886. The molecule has 1 amide bonds. The van der Waals surface area contributed by atoms with Crippen molar-refractivity contribution in [2.75, 3.05) is 25.1 Å². The van der Waals surface area contributed by atoms with Crippen LogP contribution in [0.25, 0.3) is 0 Å².